The van der Waals surface area contributed by atoms with E-state index in [2.05, 4.69) is 16.7 Å². The highest BCUT2D eigenvalue weighted by atomic mass is 16.5. The Morgan fingerprint density at radius 3 is 2.42 bits per heavy atom. The van der Waals surface area contributed by atoms with E-state index in [1.165, 1.54) is 18.4 Å². The largest absolute Gasteiger partial charge is 0.496 e. The van der Waals surface area contributed by atoms with Crippen LogP contribution in [0.15, 0.2) is 54.6 Å². The van der Waals surface area contributed by atoms with Crippen molar-refractivity contribution in [2.45, 2.75) is 31.1 Å². The van der Waals surface area contributed by atoms with Crippen LogP contribution < -0.4 is 15.4 Å². The Hall–Kier alpha value is -2.49. The molecule has 0 spiro atoms. The average molecular weight is 324 g/mol. The molecule has 1 aliphatic rings. The van der Waals surface area contributed by atoms with Crippen molar-refractivity contribution in [3.05, 3.63) is 60.2 Å². The predicted molar refractivity (Wildman–Crippen MR) is 96.6 cm³/mol. The number of carbonyl (C=O) groups is 1. The first-order valence-corrected chi connectivity index (χ1v) is 8.47. The number of rotatable bonds is 5. The van der Waals surface area contributed by atoms with Gasteiger partial charge in [0.2, 0.25) is 0 Å². The zero-order valence-corrected chi connectivity index (χ0v) is 14.0. The highest BCUT2D eigenvalue weighted by molar-refractivity contribution is 5.89. The smallest absolute Gasteiger partial charge is 0.319 e. The van der Waals surface area contributed by atoms with Gasteiger partial charge in [0.05, 0.1) is 7.11 Å². The summed E-state index contributed by atoms with van der Waals surface area (Å²) in [5.74, 6) is 0.907. The zero-order valence-electron chi connectivity index (χ0n) is 14.0. The molecule has 0 saturated heterocycles. The van der Waals surface area contributed by atoms with E-state index in [9.17, 15) is 4.79 Å². The van der Waals surface area contributed by atoms with Crippen LogP contribution in [-0.2, 0) is 5.41 Å². The van der Waals surface area contributed by atoms with Gasteiger partial charge in [-0.05, 0) is 31.0 Å². The van der Waals surface area contributed by atoms with Crippen molar-refractivity contribution in [3.63, 3.8) is 0 Å². The number of amides is 2. The topological polar surface area (TPSA) is 50.4 Å². The lowest BCUT2D eigenvalue weighted by atomic mass is 9.78. The SMILES string of the molecule is COc1ccccc1C1(CNC(=O)Nc2ccccc2)CCCC1. The summed E-state index contributed by atoms with van der Waals surface area (Å²) in [6, 6.07) is 17.5. The quantitative estimate of drug-likeness (QED) is 0.860. The van der Waals surface area contributed by atoms with E-state index in [1.54, 1.807) is 7.11 Å². The lowest BCUT2D eigenvalue weighted by Gasteiger charge is -2.31. The van der Waals surface area contributed by atoms with Gasteiger partial charge in [-0.15, -0.1) is 0 Å². The van der Waals surface area contributed by atoms with Crippen LogP contribution in [-0.4, -0.2) is 19.7 Å². The van der Waals surface area contributed by atoms with Crippen LogP contribution in [0.5, 0.6) is 5.75 Å². The number of hydrogen-bond acceptors (Lipinski definition) is 2. The molecule has 0 bridgehead atoms. The second-order valence-electron chi connectivity index (χ2n) is 6.36. The van der Waals surface area contributed by atoms with Gasteiger partial charge < -0.3 is 15.4 Å². The fourth-order valence-corrected chi connectivity index (χ4v) is 3.62. The highest BCUT2D eigenvalue weighted by Crippen LogP contribution is 2.44. The van der Waals surface area contributed by atoms with Gasteiger partial charge in [0.15, 0.2) is 0 Å². The number of para-hydroxylation sites is 2. The summed E-state index contributed by atoms with van der Waals surface area (Å²) in [4.78, 5) is 12.2. The summed E-state index contributed by atoms with van der Waals surface area (Å²) in [6.45, 7) is 0.617. The number of urea groups is 1. The van der Waals surface area contributed by atoms with Gasteiger partial charge in [-0.3, -0.25) is 0 Å². The minimum absolute atomic E-state index is 0.0410. The Labute approximate surface area is 143 Å². The molecule has 126 valence electrons. The molecule has 1 aliphatic carbocycles. The first-order valence-electron chi connectivity index (χ1n) is 8.47. The second kappa shape index (κ2) is 7.39. The van der Waals surface area contributed by atoms with Crippen molar-refractivity contribution in [3.8, 4) is 5.75 Å². The molecule has 0 atom stereocenters. The van der Waals surface area contributed by atoms with Crippen molar-refractivity contribution >= 4 is 11.7 Å². The minimum atomic E-state index is -0.164. The molecule has 2 N–H and O–H groups in total. The fourth-order valence-electron chi connectivity index (χ4n) is 3.62. The zero-order chi connectivity index (χ0) is 16.8. The van der Waals surface area contributed by atoms with Crippen LogP contribution in [0.2, 0.25) is 0 Å². The number of carbonyl (C=O) groups excluding carboxylic acids is 1. The summed E-state index contributed by atoms with van der Waals surface area (Å²) in [5.41, 5.74) is 1.96. The molecule has 0 unspecified atom stereocenters. The van der Waals surface area contributed by atoms with E-state index >= 15 is 0 Å². The molecular formula is C20H24N2O2. The maximum atomic E-state index is 12.2. The first kappa shape index (κ1) is 16.4. The van der Waals surface area contributed by atoms with Crippen molar-refractivity contribution in [1.29, 1.82) is 0 Å². The monoisotopic (exact) mass is 324 g/mol. The van der Waals surface area contributed by atoms with E-state index in [4.69, 9.17) is 4.74 Å². The predicted octanol–water partition coefficient (Wildman–Crippen LogP) is 4.33. The van der Waals surface area contributed by atoms with Gasteiger partial charge in [0.1, 0.15) is 5.75 Å². The molecule has 0 radical (unpaired) electrons. The number of ether oxygens (including phenoxy) is 1. The Kier molecular flexibility index (Phi) is 5.04. The number of nitrogens with one attached hydrogen (secondary N) is 2. The third-order valence-corrected chi connectivity index (χ3v) is 4.86. The summed E-state index contributed by atoms with van der Waals surface area (Å²) in [6.07, 6.45) is 4.50. The molecule has 1 saturated carbocycles. The number of benzene rings is 2. The van der Waals surface area contributed by atoms with E-state index in [-0.39, 0.29) is 11.4 Å². The van der Waals surface area contributed by atoms with Crippen molar-refractivity contribution in [2.24, 2.45) is 0 Å². The lowest BCUT2D eigenvalue weighted by Crippen LogP contribution is -2.41. The summed E-state index contributed by atoms with van der Waals surface area (Å²) < 4.78 is 5.56. The van der Waals surface area contributed by atoms with Gasteiger partial charge in [0.25, 0.3) is 0 Å². The maximum Gasteiger partial charge on any atom is 0.319 e. The second-order valence-corrected chi connectivity index (χ2v) is 6.36. The Morgan fingerprint density at radius 1 is 1.04 bits per heavy atom. The molecular weight excluding hydrogens is 300 g/mol. The number of hydrogen-bond donors (Lipinski definition) is 2. The van der Waals surface area contributed by atoms with Crippen LogP contribution in [0.1, 0.15) is 31.2 Å². The average Bonchev–Trinajstić information content (AvgIpc) is 3.11. The molecule has 4 nitrogen and oxygen atoms in total. The Morgan fingerprint density at radius 2 is 1.71 bits per heavy atom. The standard InChI is InChI=1S/C20H24N2O2/c1-24-18-12-6-5-11-17(18)20(13-7-8-14-20)15-21-19(23)22-16-9-3-2-4-10-16/h2-6,9-12H,7-8,13-15H2,1H3,(H2,21,22,23). The normalized spacial score (nSPS) is 15.7. The summed E-state index contributed by atoms with van der Waals surface area (Å²) >= 11 is 0. The van der Waals surface area contributed by atoms with Gasteiger partial charge >= 0.3 is 6.03 Å². The van der Waals surface area contributed by atoms with Crippen LogP contribution in [0.25, 0.3) is 0 Å². The molecule has 2 aromatic carbocycles. The lowest BCUT2D eigenvalue weighted by molar-refractivity contribution is 0.248. The van der Waals surface area contributed by atoms with Gasteiger partial charge in [-0.25, -0.2) is 4.79 Å². The molecule has 1 fully saturated rings. The molecule has 0 aliphatic heterocycles. The molecule has 2 amide bonds. The third-order valence-electron chi connectivity index (χ3n) is 4.86. The van der Waals surface area contributed by atoms with E-state index in [1.807, 2.05) is 48.5 Å². The Balaban J connectivity index is 1.71. The molecule has 3 rings (SSSR count). The van der Waals surface area contributed by atoms with E-state index in [0.29, 0.717) is 6.54 Å². The fraction of sp³-hybridized carbons (Fsp3) is 0.350. The molecule has 0 heterocycles. The van der Waals surface area contributed by atoms with Crippen molar-refractivity contribution in [1.82, 2.24) is 5.32 Å². The molecule has 0 aromatic heterocycles. The van der Waals surface area contributed by atoms with Gasteiger partial charge in [0, 0.05) is 23.2 Å². The number of anilines is 1. The third kappa shape index (κ3) is 3.53. The van der Waals surface area contributed by atoms with Crippen LogP contribution >= 0.6 is 0 Å². The summed E-state index contributed by atoms with van der Waals surface area (Å²) in [7, 11) is 1.71. The van der Waals surface area contributed by atoms with Crippen LogP contribution in [0.4, 0.5) is 10.5 Å². The van der Waals surface area contributed by atoms with Crippen molar-refractivity contribution in [2.75, 3.05) is 19.0 Å². The van der Waals surface area contributed by atoms with Gasteiger partial charge in [-0.2, -0.15) is 0 Å². The van der Waals surface area contributed by atoms with Crippen LogP contribution in [0, 0.1) is 0 Å². The number of methoxy groups -OCH3 is 1. The van der Waals surface area contributed by atoms with Crippen molar-refractivity contribution < 1.29 is 9.53 Å². The van der Waals surface area contributed by atoms with E-state index < -0.39 is 0 Å². The molecule has 24 heavy (non-hydrogen) atoms. The highest BCUT2D eigenvalue weighted by Gasteiger charge is 2.37. The minimum Gasteiger partial charge on any atom is -0.496 e. The molecule has 2 aromatic rings. The van der Waals surface area contributed by atoms with E-state index in [0.717, 1.165) is 24.3 Å². The first-order chi connectivity index (χ1) is 11.7. The molecule has 4 heteroatoms. The maximum absolute atomic E-state index is 12.2. The van der Waals surface area contributed by atoms with Gasteiger partial charge in [-0.1, -0.05) is 49.2 Å². The van der Waals surface area contributed by atoms with Crippen LogP contribution in [0.3, 0.4) is 0 Å². The summed E-state index contributed by atoms with van der Waals surface area (Å²) in [5, 5.41) is 5.94. The Bertz CT molecular complexity index is 679.